The average molecular weight is 273 g/mol. The third kappa shape index (κ3) is 4.62. The number of anilines is 1. The van der Waals surface area contributed by atoms with E-state index in [1.54, 1.807) is 0 Å². The minimum atomic E-state index is 0.113. The highest BCUT2D eigenvalue weighted by molar-refractivity contribution is 7.99. The van der Waals surface area contributed by atoms with Crippen LogP contribution < -0.4 is 5.73 Å². The van der Waals surface area contributed by atoms with Crippen LogP contribution in [0.1, 0.15) is 17.5 Å². The highest BCUT2D eigenvalue weighted by atomic mass is 32.2. The molecule has 0 saturated heterocycles. The number of thioether (sulfide) groups is 1. The molecule has 0 fully saturated rings. The molecule has 2 aromatic rings. The van der Waals surface area contributed by atoms with E-state index in [-0.39, 0.29) is 6.61 Å². The molecule has 0 aromatic heterocycles. The third-order valence-electron chi connectivity index (χ3n) is 2.96. The quantitative estimate of drug-likeness (QED) is 0.481. The van der Waals surface area contributed by atoms with Gasteiger partial charge in [-0.1, -0.05) is 24.3 Å². The van der Waals surface area contributed by atoms with E-state index >= 15 is 0 Å². The van der Waals surface area contributed by atoms with Crippen LogP contribution in [0.2, 0.25) is 0 Å². The molecular weight excluding hydrogens is 254 g/mol. The third-order valence-corrected chi connectivity index (χ3v) is 4.06. The molecule has 0 radical (unpaired) electrons. The van der Waals surface area contributed by atoms with E-state index in [0.717, 1.165) is 29.8 Å². The van der Waals surface area contributed by atoms with Crippen molar-refractivity contribution in [2.75, 3.05) is 11.5 Å². The molecule has 2 nitrogen and oxygen atoms in total. The van der Waals surface area contributed by atoms with Crippen molar-refractivity contribution in [2.24, 2.45) is 0 Å². The first-order valence-electron chi connectivity index (χ1n) is 6.45. The molecule has 0 aliphatic rings. The predicted molar refractivity (Wildman–Crippen MR) is 82.3 cm³/mol. The molecule has 0 atom stereocenters. The first-order valence-corrected chi connectivity index (χ1v) is 7.43. The predicted octanol–water partition coefficient (Wildman–Crippen LogP) is 3.49. The van der Waals surface area contributed by atoms with Crippen LogP contribution in [-0.2, 0) is 13.0 Å². The van der Waals surface area contributed by atoms with Crippen LogP contribution in [0.3, 0.4) is 0 Å². The Labute approximate surface area is 118 Å². The molecule has 0 spiro atoms. The van der Waals surface area contributed by atoms with Gasteiger partial charge in [-0.15, -0.1) is 11.8 Å². The number of aliphatic hydroxyl groups is 1. The summed E-state index contributed by atoms with van der Waals surface area (Å²) in [7, 11) is 0. The number of hydrogen-bond donors (Lipinski definition) is 2. The van der Waals surface area contributed by atoms with Crippen molar-refractivity contribution >= 4 is 17.4 Å². The average Bonchev–Trinajstić information content (AvgIpc) is 2.46. The van der Waals surface area contributed by atoms with E-state index in [9.17, 15) is 0 Å². The highest BCUT2D eigenvalue weighted by Crippen LogP contribution is 2.20. The van der Waals surface area contributed by atoms with Gasteiger partial charge in [-0.2, -0.15) is 0 Å². The van der Waals surface area contributed by atoms with Crippen LogP contribution >= 0.6 is 11.8 Å². The Balaban J connectivity index is 1.72. The molecule has 0 heterocycles. The molecule has 2 aromatic carbocycles. The van der Waals surface area contributed by atoms with Gasteiger partial charge < -0.3 is 10.8 Å². The zero-order valence-electron chi connectivity index (χ0n) is 10.9. The summed E-state index contributed by atoms with van der Waals surface area (Å²) >= 11 is 1.86. The van der Waals surface area contributed by atoms with Crippen LogP contribution in [0.25, 0.3) is 0 Å². The van der Waals surface area contributed by atoms with Gasteiger partial charge in [-0.25, -0.2) is 0 Å². The molecule has 19 heavy (non-hydrogen) atoms. The largest absolute Gasteiger partial charge is 0.399 e. The fraction of sp³-hybridized carbons (Fsp3) is 0.250. The second-order valence-corrected chi connectivity index (χ2v) is 5.66. The Hall–Kier alpha value is -1.45. The van der Waals surface area contributed by atoms with E-state index in [4.69, 9.17) is 10.8 Å². The Morgan fingerprint density at radius 1 is 0.895 bits per heavy atom. The van der Waals surface area contributed by atoms with E-state index < -0.39 is 0 Å². The SMILES string of the molecule is Nc1ccc(CCCSc2ccc(CO)cc2)cc1. The van der Waals surface area contributed by atoms with Crippen LogP contribution in [0.4, 0.5) is 5.69 Å². The fourth-order valence-electron chi connectivity index (χ4n) is 1.84. The van der Waals surface area contributed by atoms with Gasteiger partial charge in [-0.3, -0.25) is 0 Å². The second-order valence-electron chi connectivity index (χ2n) is 4.50. The Morgan fingerprint density at radius 3 is 2.16 bits per heavy atom. The van der Waals surface area contributed by atoms with Crippen molar-refractivity contribution in [1.82, 2.24) is 0 Å². The van der Waals surface area contributed by atoms with Gasteiger partial charge >= 0.3 is 0 Å². The summed E-state index contributed by atoms with van der Waals surface area (Å²) in [5, 5.41) is 8.97. The van der Waals surface area contributed by atoms with Crippen LogP contribution in [-0.4, -0.2) is 10.9 Å². The van der Waals surface area contributed by atoms with E-state index in [2.05, 4.69) is 24.3 Å². The van der Waals surface area contributed by atoms with Gasteiger partial charge in [-0.05, 0) is 54.0 Å². The maximum atomic E-state index is 8.97. The molecule has 0 saturated carbocycles. The summed E-state index contributed by atoms with van der Waals surface area (Å²) in [6.07, 6.45) is 2.23. The second kappa shape index (κ2) is 7.22. The van der Waals surface area contributed by atoms with Crippen molar-refractivity contribution in [2.45, 2.75) is 24.3 Å². The summed E-state index contributed by atoms with van der Waals surface area (Å²) in [5.74, 6) is 1.10. The van der Waals surface area contributed by atoms with Gasteiger partial charge in [0, 0.05) is 10.6 Å². The normalized spacial score (nSPS) is 10.6. The molecular formula is C16H19NOS. The molecule has 2 rings (SSSR count). The molecule has 0 unspecified atom stereocenters. The monoisotopic (exact) mass is 273 g/mol. The number of nitrogens with two attached hydrogens (primary N) is 1. The minimum Gasteiger partial charge on any atom is -0.399 e. The van der Waals surface area contributed by atoms with Crippen molar-refractivity contribution in [3.05, 3.63) is 59.7 Å². The molecule has 0 aliphatic heterocycles. The maximum absolute atomic E-state index is 8.97. The number of benzene rings is 2. The van der Waals surface area contributed by atoms with Gasteiger partial charge in [0.1, 0.15) is 0 Å². The standard InChI is InChI=1S/C16H19NOS/c17-15-7-3-13(4-8-15)2-1-11-19-16-9-5-14(12-18)6-10-16/h3-10,18H,1-2,11-12,17H2. The Bertz CT molecular complexity index is 493. The van der Waals surface area contributed by atoms with E-state index in [1.807, 2.05) is 36.0 Å². The van der Waals surface area contributed by atoms with Crippen LogP contribution in [0.15, 0.2) is 53.4 Å². The summed E-state index contributed by atoms with van der Waals surface area (Å²) in [4.78, 5) is 1.26. The zero-order chi connectivity index (χ0) is 13.5. The van der Waals surface area contributed by atoms with Crippen LogP contribution in [0, 0.1) is 0 Å². The van der Waals surface area contributed by atoms with Crippen molar-refractivity contribution in [3.63, 3.8) is 0 Å². The topological polar surface area (TPSA) is 46.2 Å². The number of aryl methyl sites for hydroxylation is 1. The first kappa shape index (κ1) is 14.0. The number of rotatable bonds is 6. The van der Waals surface area contributed by atoms with Gasteiger partial charge in [0.05, 0.1) is 6.61 Å². The lowest BCUT2D eigenvalue weighted by Gasteiger charge is -2.04. The molecule has 3 heteroatoms. The number of hydrogen-bond acceptors (Lipinski definition) is 3. The van der Waals surface area contributed by atoms with Crippen LogP contribution in [0.5, 0.6) is 0 Å². The Kier molecular flexibility index (Phi) is 5.31. The van der Waals surface area contributed by atoms with E-state index in [0.29, 0.717) is 0 Å². The Morgan fingerprint density at radius 2 is 1.53 bits per heavy atom. The summed E-state index contributed by atoms with van der Waals surface area (Å²) in [6.45, 7) is 0.113. The van der Waals surface area contributed by atoms with Gasteiger partial charge in [0.15, 0.2) is 0 Å². The summed E-state index contributed by atoms with van der Waals surface area (Å²) in [6, 6.07) is 16.2. The summed E-state index contributed by atoms with van der Waals surface area (Å²) < 4.78 is 0. The van der Waals surface area contributed by atoms with Crippen molar-refractivity contribution in [3.8, 4) is 0 Å². The van der Waals surface area contributed by atoms with E-state index in [1.165, 1.54) is 10.5 Å². The molecule has 100 valence electrons. The number of aliphatic hydroxyl groups excluding tert-OH is 1. The molecule has 3 N–H and O–H groups in total. The number of nitrogen functional groups attached to an aromatic ring is 1. The lowest BCUT2D eigenvalue weighted by molar-refractivity contribution is 0.282. The molecule has 0 bridgehead atoms. The zero-order valence-corrected chi connectivity index (χ0v) is 11.7. The summed E-state index contributed by atoms with van der Waals surface area (Å²) in [5.41, 5.74) is 8.78. The molecule has 0 aliphatic carbocycles. The highest BCUT2D eigenvalue weighted by Gasteiger charge is 1.97. The van der Waals surface area contributed by atoms with Crippen molar-refractivity contribution < 1.29 is 5.11 Å². The van der Waals surface area contributed by atoms with Gasteiger partial charge in [0.25, 0.3) is 0 Å². The smallest absolute Gasteiger partial charge is 0.0681 e. The first-order chi connectivity index (χ1) is 9.28. The van der Waals surface area contributed by atoms with Gasteiger partial charge in [0.2, 0.25) is 0 Å². The molecule has 0 amide bonds. The lowest BCUT2D eigenvalue weighted by atomic mass is 10.1. The maximum Gasteiger partial charge on any atom is 0.0681 e. The fourth-order valence-corrected chi connectivity index (χ4v) is 2.69. The lowest BCUT2D eigenvalue weighted by Crippen LogP contribution is -1.90. The van der Waals surface area contributed by atoms with Crippen molar-refractivity contribution in [1.29, 1.82) is 0 Å². The minimum absolute atomic E-state index is 0.113.